The first-order chi connectivity index (χ1) is 16.9. The molecular formula is C27H34ClN5O4. The summed E-state index contributed by atoms with van der Waals surface area (Å²) < 4.78 is 0. The lowest BCUT2D eigenvalue weighted by Crippen LogP contribution is -2.50. The van der Waals surface area contributed by atoms with Crippen molar-refractivity contribution < 1.29 is 20.2 Å². The molecule has 3 aromatic carbocycles. The Bertz CT molecular complexity index is 1100. The Kier molecular flexibility index (Phi) is 12.8. The van der Waals surface area contributed by atoms with E-state index in [0.717, 1.165) is 11.1 Å². The van der Waals surface area contributed by atoms with Gasteiger partial charge in [0.2, 0.25) is 11.8 Å². The molecule has 3 rings (SSSR count). The second-order valence-corrected chi connectivity index (χ2v) is 8.15. The summed E-state index contributed by atoms with van der Waals surface area (Å²) in [5.41, 5.74) is 19.4. The molecule has 9 nitrogen and oxygen atoms in total. The van der Waals surface area contributed by atoms with Crippen LogP contribution in [0, 0.1) is 0 Å². The number of primary amides is 1. The number of carbonyl (C=O) groups excluding carboxylic acids is 2. The molecule has 0 spiro atoms. The highest BCUT2D eigenvalue weighted by Crippen LogP contribution is 2.31. The topological polar surface area (TPSA) is 180 Å². The maximum absolute atomic E-state index is 14.3. The minimum absolute atomic E-state index is 0. The maximum atomic E-state index is 14.3. The van der Waals surface area contributed by atoms with E-state index >= 15 is 0 Å². The van der Waals surface area contributed by atoms with Crippen LogP contribution in [-0.4, -0.2) is 40.9 Å². The third-order valence-corrected chi connectivity index (χ3v) is 5.72. The smallest absolute Gasteiger partial charge is 0.240 e. The van der Waals surface area contributed by atoms with E-state index in [0.29, 0.717) is 24.2 Å². The molecule has 0 fully saturated rings. The molecule has 0 saturated carbocycles. The molecule has 0 aliphatic carbocycles. The number of hydrogen-bond donors (Lipinski definition) is 4. The largest absolute Gasteiger partial charge is 0.412 e. The second-order valence-electron chi connectivity index (χ2n) is 8.15. The Hall–Kier alpha value is -3.92. The van der Waals surface area contributed by atoms with Gasteiger partial charge in [-0.1, -0.05) is 72.8 Å². The van der Waals surface area contributed by atoms with E-state index < -0.39 is 17.9 Å². The molecule has 0 radical (unpaired) electrons. The molecule has 0 bridgehead atoms. The number of nitrogens with two attached hydrogens (primary N) is 3. The van der Waals surface area contributed by atoms with E-state index in [1.165, 1.54) is 4.90 Å². The number of carbonyl (C=O) groups is 2. The van der Waals surface area contributed by atoms with Gasteiger partial charge in [-0.05, 0) is 41.7 Å². The van der Waals surface area contributed by atoms with Crippen LogP contribution in [0.2, 0.25) is 0 Å². The van der Waals surface area contributed by atoms with E-state index in [4.69, 9.17) is 17.2 Å². The first kappa shape index (κ1) is 31.1. The van der Waals surface area contributed by atoms with E-state index in [1.54, 1.807) is 24.3 Å². The molecule has 37 heavy (non-hydrogen) atoms. The summed E-state index contributed by atoms with van der Waals surface area (Å²) in [4.78, 5) is 32.4. The maximum Gasteiger partial charge on any atom is 0.240 e. The fourth-order valence-corrected chi connectivity index (χ4v) is 4.02. The summed E-state index contributed by atoms with van der Waals surface area (Å²) in [6.07, 6.45) is 0.723. The highest BCUT2D eigenvalue weighted by atomic mass is 35.5. The molecule has 2 amide bonds. The number of anilines is 1. The van der Waals surface area contributed by atoms with Crippen LogP contribution < -0.4 is 22.1 Å². The summed E-state index contributed by atoms with van der Waals surface area (Å²) in [5, 5.41) is 9.46. The van der Waals surface area contributed by atoms with E-state index in [1.807, 2.05) is 60.7 Å². The van der Waals surface area contributed by atoms with Gasteiger partial charge in [0.1, 0.15) is 6.04 Å². The van der Waals surface area contributed by atoms with Crippen molar-refractivity contribution >= 4 is 35.9 Å². The normalized spacial score (nSPS) is 11.0. The zero-order chi connectivity index (χ0) is 25.2. The zero-order valence-corrected chi connectivity index (χ0v) is 21.2. The van der Waals surface area contributed by atoms with Crippen LogP contribution in [0.4, 0.5) is 5.69 Å². The van der Waals surface area contributed by atoms with Gasteiger partial charge in [0.05, 0.1) is 12.5 Å². The molecule has 0 heterocycles. The molecule has 0 unspecified atom stereocenters. The standard InChI is InChI=1S/C27H31N5O3.ClH.H2O/c28-25(34)23(12-7-17-31-27(29)30)32(22-15-13-19(18-33)14-16-22)26(35)24(20-8-3-1-4-9-20)21-10-5-2-6-11-21;;/h1-6,8-11,13-16,23-24,33H,7,12,17-18H2,(H2,28,34)(H4,29,30,31);1H;1H2/t23-;;/m1../s1. The average Bonchev–Trinajstić information content (AvgIpc) is 2.87. The van der Waals surface area contributed by atoms with E-state index in [2.05, 4.69) is 4.99 Å². The number of nitrogens with zero attached hydrogens (tertiary/aromatic N) is 2. The highest BCUT2D eigenvalue weighted by molar-refractivity contribution is 6.05. The molecule has 9 N–H and O–H groups in total. The van der Waals surface area contributed by atoms with Gasteiger partial charge >= 0.3 is 0 Å². The lowest BCUT2D eigenvalue weighted by Gasteiger charge is -2.33. The van der Waals surface area contributed by atoms with Crippen LogP contribution in [0.1, 0.15) is 35.4 Å². The Morgan fingerprint density at radius 2 is 1.35 bits per heavy atom. The third-order valence-electron chi connectivity index (χ3n) is 5.72. The number of aliphatic hydroxyl groups excluding tert-OH is 1. The third kappa shape index (κ3) is 8.32. The second kappa shape index (κ2) is 15.2. The Morgan fingerprint density at radius 1 is 0.838 bits per heavy atom. The van der Waals surface area contributed by atoms with Gasteiger partial charge < -0.3 is 27.8 Å². The van der Waals surface area contributed by atoms with E-state index in [-0.39, 0.29) is 42.8 Å². The molecule has 198 valence electrons. The fourth-order valence-electron chi connectivity index (χ4n) is 4.02. The predicted octanol–water partition coefficient (Wildman–Crippen LogP) is 1.85. The minimum Gasteiger partial charge on any atom is -0.412 e. The van der Waals surface area contributed by atoms with Crippen LogP contribution in [0.25, 0.3) is 0 Å². The number of rotatable bonds is 11. The van der Waals surface area contributed by atoms with Crippen LogP contribution in [0.15, 0.2) is 89.9 Å². The van der Waals surface area contributed by atoms with Crippen molar-refractivity contribution in [2.24, 2.45) is 22.2 Å². The quantitative estimate of drug-likeness (QED) is 0.168. The average molecular weight is 528 g/mol. The lowest BCUT2D eigenvalue weighted by atomic mass is 9.89. The molecule has 0 aliphatic heterocycles. The molecule has 10 heteroatoms. The van der Waals surface area contributed by atoms with Gasteiger partial charge in [-0.2, -0.15) is 0 Å². The van der Waals surface area contributed by atoms with Crippen LogP contribution in [0.5, 0.6) is 0 Å². The lowest BCUT2D eigenvalue weighted by molar-refractivity contribution is -0.125. The SMILES string of the molecule is Cl.NC(=O)[C@@H](CCCN=C(N)N)N(C(=O)C(c1ccccc1)c1ccccc1)c1ccc(CO)cc1.O. The number of hydrogen-bond acceptors (Lipinski definition) is 4. The monoisotopic (exact) mass is 527 g/mol. The molecule has 0 aliphatic rings. The van der Waals surface area contributed by atoms with Crippen molar-refractivity contribution in [3.8, 4) is 0 Å². The van der Waals surface area contributed by atoms with Crippen molar-refractivity contribution in [3.63, 3.8) is 0 Å². The first-order valence-electron chi connectivity index (χ1n) is 11.4. The summed E-state index contributed by atoms with van der Waals surface area (Å²) >= 11 is 0. The number of halogens is 1. The van der Waals surface area contributed by atoms with Crippen molar-refractivity contribution in [3.05, 3.63) is 102 Å². The van der Waals surface area contributed by atoms with Crippen molar-refractivity contribution in [2.45, 2.75) is 31.4 Å². The summed E-state index contributed by atoms with van der Waals surface area (Å²) in [5.74, 6) is -1.62. The Balaban J connectivity index is 0.00000342. The van der Waals surface area contributed by atoms with E-state index in [9.17, 15) is 14.7 Å². The van der Waals surface area contributed by atoms with Crippen molar-refractivity contribution in [2.75, 3.05) is 11.4 Å². The summed E-state index contributed by atoms with van der Waals surface area (Å²) in [7, 11) is 0. The fraction of sp³-hybridized carbons (Fsp3) is 0.222. The summed E-state index contributed by atoms with van der Waals surface area (Å²) in [6, 6.07) is 24.8. The Morgan fingerprint density at radius 3 is 1.78 bits per heavy atom. The molecular weight excluding hydrogens is 494 g/mol. The number of benzene rings is 3. The number of aliphatic hydroxyl groups is 1. The van der Waals surface area contributed by atoms with Crippen LogP contribution >= 0.6 is 12.4 Å². The highest BCUT2D eigenvalue weighted by Gasteiger charge is 2.35. The van der Waals surface area contributed by atoms with Crippen molar-refractivity contribution in [1.82, 2.24) is 0 Å². The van der Waals surface area contributed by atoms with Gasteiger partial charge in [-0.3, -0.25) is 19.5 Å². The molecule has 1 atom stereocenters. The van der Waals surface area contributed by atoms with Crippen molar-refractivity contribution in [1.29, 1.82) is 0 Å². The van der Waals surface area contributed by atoms with Gasteiger partial charge in [0.15, 0.2) is 5.96 Å². The van der Waals surface area contributed by atoms with Gasteiger partial charge in [-0.15, -0.1) is 12.4 Å². The number of amides is 2. The van der Waals surface area contributed by atoms with Gasteiger partial charge in [0.25, 0.3) is 0 Å². The molecule has 0 aromatic heterocycles. The minimum atomic E-state index is -0.924. The first-order valence-corrected chi connectivity index (χ1v) is 11.4. The number of guanidine groups is 1. The Labute approximate surface area is 222 Å². The van der Waals surface area contributed by atoms with Crippen LogP contribution in [0.3, 0.4) is 0 Å². The van der Waals surface area contributed by atoms with Crippen LogP contribution in [-0.2, 0) is 16.2 Å². The summed E-state index contributed by atoms with van der Waals surface area (Å²) in [6.45, 7) is 0.168. The molecule has 0 saturated heterocycles. The predicted molar refractivity (Wildman–Crippen MR) is 148 cm³/mol. The molecule has 3 aromatic rings. The number of aliphatic imine (C=N–C) groups is 1. The van der Waals surface area contributed by atoms with Gasteiger partial charge in [-0.25, -0.2) is 0 Å². The van der Waals surface area contributed by atoms with Gasteiger partial charge in [0, 0.05) is 12.2 Å². The zero-order valence-electron chi connectivity index (χ0n) is 20.4.